The Bertz CT molecular complexity index is 4510. The predicted octanol–water partition coefficient (Wildman–Crippen LogP) is 20.8. The lowest BCUT2D eigenvalue weighted by Gasteiger charge is -2.42. The van der Waals surface area contributed by atoms with Crippen molar-refractivity contribution in [3.8, 4) is 0 Å². The van der Waals surface area contributed by atoms with E-state index in [0.717, 1.165) is 119 Å². The van der Waals surface area contributed by atoms with Crippen LogP contribution in [-0.2, 0) is 59.1 Å². The third-order valence-corrected chi connectivity index (χ3v) is 24.6. The average molecular weight is 1660 g/mol. The van der Waals surface area contributed by atoms with Crippen LogP contribution in [0.15, 0.2) is 101 Å². The Kier molecular flexibility index (Phi) is 30.9. The fourth-order valence-electron chi connectivity index (χ4n) is 20.1. The molecule has 17 nitrogen and oxygen atoms in total. The Hall–Kier alpha value is -8.68. The van der Waals surface area contributed by atoms with Crippen molar-refractivity contribution in [2.75, 3.05) is 45.8 Å². The Morgan fingerprint density at radius 2 is 0.842 bits per heavy atom. The normalized spacial score (nSPS) is 20.7. The molecule has 5 unspecified atom stereocenters. The largest absolute Gasteiger partial charge is 0.444 e. The van der Waals surface area contributed by atoms with Crippen molar-refractivity contribution in [1.29, 1.82) is 0 Å². The van der Waals surface area contributed by atoms with E-state index in [9.17, 15) is 46.7 Å². The number of amides is 7. The van der Waals surface area contributed by atoms with Crippen molar-refractivity contribution in [2.24, 2.45) is 46.8 Å². The Balaban J connectivity index is 0.000000169. The van der Waals surface area contributed by atoms with Gasteiger partial charge >= 0.3 is 18.3 Å². The minimum Gasteiger partial charge on any atom is -0.444 e. The maximum Gasteiger partial charge on any atom is 0.408 e. The van der Waals surface area contributed by atoms with E-state index in [-0.39, 0.29) is 89.2 Å². The molecule has 0 radical (unpaired) electrons. The van der Waals surface area contributed by atoms with Gasteiger partial charge in [0.05, 0.1) is 24.2 Å². The van der Waals surface area contributed by atoms with Crippen LogP contribution in [0.2, 0.25) is 0 Å². The molecule has 0 bridgehead atoms. The highest BCUT2D eigenvalue weighted by molar-refractivity contribution is 5.88. The van der Waals surface area contributed by atoms with E-state index < -0.39 is 29.0 Å². The molecule has 4 aromatic rings. The maximum absolute atomic E-state index is 13.9. The zero-order valence-electron chi connectivity index (χ0n) is 76.0. The molecule has 4 heterocycles. The molecule has 5 atom stereocenters. The fraction of sp³-hybridized carbons (Fsp3) is 0.610. The number of ether oxygens (including phenoxy) is 3. The van der Waals surface area contributed by atoms with Crippen molar-refractivity contribution in [3.05, 3.63) is 163 Å². The first kappa shape index (κ1) is 93.6. The number of nitrogens with zero attached hydrogens (tertiary/aromatic N) is 4. The highest BCUT2D eigenvalue weighted by Gasteiger charge is 2.45. The van der Waals surface area contributed by atoms with Crippen molar-refractivity contribution in [1.82, 2.24) is 35.6 Å². The molecule has 120 heavy (non-hydrogen) atoms. The summed E-state index contributed by atoms with van der Waals surface area (Å²) in [5.41, 5.74) is 18.6. The van der Waals surface area contributed by atoms with Crippen LogP contribution in [-0.4, -0.2) is 148 Å². The van der Waals surface area contributed by atoms with Gasteiger partial charge in [-0.1, -0.05) is 126 Å². The molecule has 656 valence electrons. The van der Waals surface area contributed by atoms with Gasteiger partial charge in [0, 0.05) is 58.0 Å². The molecule has 5 aliphatic carbocycles. The van der Waals surface area contributed by atoms with Gasteiger partial charge in [-0.05, 0) is 331 Å². The van der Waals surface area contributed by atoms with Gasteiger partial charge in [-0.25, -0.2) is 27.6 Å². The molecule has 13 rings (SSSR count). The number of unbranched alkanes of at least 4 members (excludes halogenated alkanes) is 1. The predicted molar refractivity (Wildman–Crippen MR) is 472 cm³/mol. The minimum atomic E-state index is -0.608. The first-order valence-corrected chi connectivity index (χ1v) is 44.7. The molecule has 4 aliphatic heterocycles. The van der Waals surface area contributed by atoms with Crippen molar-refractivity contribution >= 4 is 64.2 Å². The summed E-state index contributed by atoms with van der Waals surface area (Å²) < 4.78 is 57.2. The quantitative estimate of drug-likeness (QED) is 0.0637. The van der Waals surface area contributed by atoms with E-state index in [0.29, 0.717) is 93.9 Å². The first-order valence-electron chi connectivity index (χ1n) is 44.7. The average Bonchev–Trinajstić information content (AvgIpc) is 1.61. The molecule has 20 heteroatoms. The molecule has 1 saturated carbocycles. The Morgan fingerprint density at radius 1 is 0.442 bits per heavy atom. The second kappa shape index (κ2) is 39.7. The topological polar surface area (TPSA) is 196 Å². The van der Waals surface area contributed by atoms with E-state index in [2.05, 4.69) is 133 Å². The van der Waals surface area contributed by atoms with Gasteiger partial charge in [-0.3, -0.25) is 19.2 Å². The van der Waals surface area contributed by atoms with Gasteiger partial charge in [-0.15, -0.1) is 0 Å². The first-order chi connectivity index (χ1) is 56.3. The Labute approximate surface area is 714 Å². The summed E-state index contributed by atoms with van der Waals surface area (Å²) in [6.07, 6.45) is 13.7. The second-order valence-corrected chi connectivity index (χ2v) is 40.7. The maximum atomic E-state index is 13.9. The standard InChI is InChI=1S/C28H39FN2O3.C25H35FN2O3.C25H37NO.C22H29FN2O3/c1-17(2)25-24-14-20-10-11-21(29)15-23(20)22(24)12-13-31(25)26(32)19-8-6-18(7-9-19)16-30-27(33)34-28(3,4)5;1-16(2)23-21-14-17-9-10-18(26)15-20(17)19(21)11-13-28(23)22(29)8-6-7-12-27-24(30)31-25(3,4)5;1-17(2)13-23-22-15-19-9-7-8-10-20(19)21(22)11-12-26(23)24(27)14-18(3)16-25(4,5)6;1-13(2)20-18-10-14-6-7-15(23)11-17(14)16(18)8-9-25(20)19(26)12-24-21(27)28-22(3,4)5/h10-11,15,17-19,25H,6-9,12-14,16H2,1-5H3,(H,30,33);9-10,15-16,23H,6-8,11-14H2,1-5H3,(H,27,30);7-10,17-18,23H,11-16H2,1-6H3;6-7,11,13,20H,8-10,12H2,1-5H3,(H,24,27). The number of rotatable bonds is 18. The zero-order valence-corrected chi connectivity index (χ0v) is 76.0. The molecule has 0 aromatic heterocycles. The second-order valence-electron chi connectivity index (χ2n) is 40.7. The van der Waals surface area contributed by atoms with Crippen molar-refractivity contribution in [2.45, 2.75) is 302 Å². The number of benzene rings is 4. The third kappa shape index (κ3) is 24.4. The van der Waals surface area contributed by atoms with Crippen LogP contribution in [0.5, 0.6) is 0 Å². The Morgan fingerprint density at radius 3 is 1.29 bits per heavy atom. The summed E-state index contributed by atoms with van der Waals surface area (Å²) >= 11 is 0. The van der Waals surface area contributed by atoms with E-state index >= 15 is 0 Å². The molecular weight excluding hydrogens is 1520 g/mol. The number of alkyl carbamates (subject to hydrolysis) is 3. The van der Waals surface area contributed by atoms with Crippen LogP contribution in [0, 0.1) is 64.3 Å². The van der Waals surface area contributed by atoms with Gasteiger partial charge in [0.1, 0.15) is 40.8 Å². The lowest BCUT2D eigenvalue weighted by atomic mass is 9.79. The number of nitrogens with one attached hydrogen (secondary N) is 3. The van der Waals surface area contributed by atoms with E-state index in [1.807, 2.05) is 69.5 Å². The number of carbonyl (C=O) groups excluding carboxylic acids is 7. The van der Waals surface area contributed by atoms with Crippen LogP contribution in [0.1, 0.15) is 280 Å². The van der Waals surface area contributed by atoms with Gasteiger partial charge in [0.2, 0.25) is 23.6 Å². The molecule has 3 N–H and O–H groups in total. The number of hydrogen-bond acceptors (Lipinski definition) is 10. The van der Waals surface area contributed by atoms with Crippen molar-refractivity contribution in [3.63, 3.8) is 0 Å². The lowest BCUT2D eigenvalue weighted by molar-refractivity contribution is -0.139. The number of halogens is 3. The number of fused-ring (bicyclic) bond motifs is 8. The summed E-state index contributed by atoms with van der Waals surface area (Å²) in [4.78, 5) is 96.6. The van der Waals surface area contributed by atoms with Crippen LogP contribution in [0.25, 0.3) is 22.3 Å². The number of carbonyl (C=O) groups is 7. The molecular formula is C100H140F3N7O10. The summed E-state index contributed by atoms with van der Waals surface area (Å²) in [6, 6.07) is 24.3. The fourth-order valence-corrected chi connectivity index (χ4v) is 20.1. The van der Waals surface area contributed by atoms with Crippen molar-refractivity contribution < 1.29 is 60.9 Å². The summed E-state index contributed by atoms with van der Waals surface area (Å²) in [5.74, 6) is 2.32. The van der Waals surface area contributed by atoms with E-state index in [1.165, 1.54) is 79.0 Å². The summed E-state index contributed by atoms with van der Waals surface area (Å²) in [6.45, 7) is 46.7. The van der Waals surface area contributed by atoms with Gasteiger partial charge in [0.25, 0.3) is 0 Å². The van der Waals surface area contributed by atoms with Crippen LogP contribution in [0.3, 0.4) is 0 Å². The van der Waals surface area contributed by atoms with Gasteiger partial charge < -0.3 is 49.8 Å². The van der Waals surface area contributed by atoms with Crippen LogP contribution < -0.4 is 16.0 Å². The molecule has 0 saturated heterocycles. The molecule has 0 spiro atoms. The molecule has 7 amide bonds. The van der Waals surface area contributed by atoms with Gasteiger partial charge in [0.15, 0.2) is 0 Å². The molecule has 1 fully saturated rings. The minimum absolute atomic E-state index is 0.0439. The highest BCUT2D eigenvalue weighted by Crippen LogP contribution is 2.49. The lowest BCUT2D eigenvalue weighted by Crippen LogP contribution is -2.51. The highest BCUT2D eigenvalue weighted by atomic mass is 19.1. The summed E-state index contributed by atoms with van der Waals surface area (Å²) in [7, 11) is 0. The van der Waals surface area contributed by atoms with E-state index in [4.69, 9.17) is 14.2 Å². The van der Waals surface area contributed by atoms with Crippen LogP contribution in [0.4, 0.5) is 27.6 Å². The third-order valence-electron chi connectivity index (χ3n) is 24.6. The van der Waals surface area contributed by atoms with E-state index in [1.54, 1.807) is 45.0 Å². The smallest absolute Gasteiger partial charge is 0.408 e. The summed E-state index contributed by atoms with van der Waals surface area (Å²) in [5, 5.41) is 8.19. The molecule has 9 aliphatic rings. The zero-order chi connectivity index (χ0) is 87.8. The van der Waals surface area contributed by atoms with Gasteiger partial charge in [-0.2, -0.15) is 0 Å². The SMILES string of the molecule is CC(C)C1C2=C(CCN1C(=O)C1CCC(CNC(=O)OC(C)(C)C)CC1)c1cc(F)ccc1C2.CC(C)C1C2=C(CCN1C(=O)CCCCNC(=O)OC(C)(C)C)c1cc(F)ccc1C2.CC(C)C1C2=C(CCN1C(=O)CNC(=O)OC(C)(C)C)c1cc(F)ccc1C2.CC(C)CC1C2=C(CCN1C(=O)CC(C)CC(C)(C)C)c1ccccc1C2. The van der Waals surface area contributed by atoms with Crippen LogP contribution >= 0.6 is 0 Å². The number of hydrogen-bond donors (Lipinski definition) is 3. The molecule has 4 aromatic carbocycles. The monoisotopic (exact) mass is 1660 g/mol.